The molecule has 0 aliphatic carbocycles. The maximum absolute atomic E-state index is 11.5. The van der Waals surface area contributed by atoms with Gasteiger partial charge < -0.3 is 4.90 Å². The Kier molecular flexibility index (Phi) is 4.10. The van der Waals surface area contributed by atoms with Crippen LogP contribution in [0.5, 0.6) is 0 Å². The molecule has 1 amide bonds. The zero-order valence-electron chi connectivity index (χ0n) is 8.49. The molecule has 0 saturated carbocycles. The van der Waals surface area contributed by atoms with Gasteiger partial charge in [-0.15, -0.1) is 0 Å². The fraction of sp³-hybridized carbons (Fsp3) is 0.900. The third-order valence-electron chi connectivity index (χ3n) is 2.65. The van der Waals surface area contributed by atoms with Crippen molar-refractivity contribution in [3.63, 3.8) is 0 Å². The van der Waals surface area contributed by atoms with Crippen LogP contribution in [-0.4, -0.2) is 29.1 Å². The second kappa shape index (κ2) is 4.89. The summed E-state index contributed by atoms with van der Waals surface area (Å²) in [6.45, 7) is 5.94. The first kappa shape index (κ1) is 10.9. The normalized spacial score (nSPS) is 24.8. The van der Waals surface area contributed by atoms with Crippen LogP contribution in [0.4, 0.5) is 0 Å². The molecule has 0 bridgehead atoms. The van der Waals surface area contributed by atoms with Crippen molar-refractivity contribution in [2.24, 2.45) is 5.92 Å². The molecule has 0 spiro atoms. The Morgan fingerprint density at radius 2 is 2.38 bits per heavy atom. The number of rotatable bonds is 3. The van der Waals surface area contributed by atoms with Gasteiger partial charge in [-0.2, -0.15) is 12.6 Å². The minimum Gasteiger partial charge on any atom is -0.341 e. The van der Waals surface area contributed by atoms with Crippen molar-refractivity contribution in [3.8, 4) is 0 Å². The van der Waals surface area contributed by atoms with Gasteiger partial charge in [0.15, 0.2) is 0 Å². The molecule has 0 radical (unpaired) electrons. The number of carbonyl (C=O) groups is 1. The van der Waals surface area contributed by atoms with Crippen molar-refractivity contribution in [1.82, 2.24) is 4.90 Å². The molecule has 2 atom stereocenters. The molecule has 3 heteroatoms. The van der Waals surface area contributed by atoms with E-state index < -0.39 is 0 Å². The SMILES string of the molecule is CCCC1CCN(C(=O)C(C)S)C1. The molecule has 1 fully saturated rings. The van der Waals surface area contributed by atoms with Crippen molar-refractivity contribution in [2.75, 3.05) is 13.1 Å². The summed E-state index contributed by atoms with van der Waals surface area (Å²) in [5.41, 5.74) is 0. The third-order valence-corrected chi connectivity index (χ3v) is 2.87. The monoisotopic (exact) mass is 201 g/mol. The predicted octanol–water partition coefficient (Wildman–Crippen LogP) is 1.95. The van der Waals surface area contributed by atoms with E-state index in [0.717, 1.165) is 19.0 Å². The van der Waals surface area contributed by atoms with E-state index in [9.17, 15) is 4.79 Å². The van der Waals surface area contributed by atoms with Crippen molar-refractivity contribution < 1.29 is 4.79 Å². The van der Waals surface area contributed by atoms with Crippen molar-refractivity contribution in [2.45, 2.75) is 38.4 Å². The molecule has 1 aliphatic rings. The van der Waals surface area contributed by atoms with Gasteiger partial charge in [0.05, 0.1) is 5.25 Å². The minimum absolute atomic E-state index is 0.139. The molecular weight excluding hydrogens is 182 g/mol. The Morgan fingerprint density at radius 1 is 1.69 bits per heavy atom. The number of carbonyl (C=O) groups excluding carboxylic acids is 1. The molecule has 1 rings (SSSR count). The van der Waals surface area contributed by atoms with Crippen LogP contribution in [0.25, 0.3) is 0 Å². The predicted molar refractivity (Wildman–Crippen MR) is 58.0 cm³/mol. The van der Waals surface area contributed by atoms with Gasteiger partial charge in [0.1, 0.15) is 0 Å². The average Bonchev–Trinajstić information content (AvgIpc) is 2.52. The number of likely N-dealkylation sites (tertiary alicyclic amines) is 1. The van der Waals surface area contributed by atoms with E-state index >= 15 is 0 Å². The van der Waals surface area contributed by atoms with E-state index in [-0.39, 0.29) is 11.2 Å². The largest absolute Gasteiger partial charge is 0.341 e. The van der Waals surface area contributed by atoms with Crippen LogP contribution < -0.4 is 0 Å². The maximum atomic E-state index is 11.5. The van der Waals surface area contributed by atoms with Gasteiger partial charge >= 0.3 is 0 Å². The second-order valence-corrected chi connectivity index (χ2v) is 4.68. The van der Waals surface area contributed by atoms with Crippen molar-refractivity contribution in [3.05, 3.63) is 0 Å². The van der Waals surface area contributed by atoms with Crippen LogP contribution in [0, 0.1) is 5.92 Å². The fourth-order valence-corrected chi connectivity index (χ4v) is 2.10. The molecule has 1 saturated heterocycles. The lowest BCUT2D eigenvalue weighted by Crippen LogP contribution is -2.33. The first-order valence-corrected chi connectivity index (χ1v) is 5.63. The molecule has 0 N–H and O–H groups in total. The number of amides is 1. The summed E-state index contributed by atoms with van der Waals surface area (Å²) in [4.78, 5) is 13.5. The summed E-state index contributed by atoms with van der Waals surface area (Å²) in [6, 6.07) is 0. The maximum Gasteiger partial charge on any atom is 0.235 e. The quantitative estimate of drug-likeness (QED) is 0.692. The summed E-state index contributed by atoms with van der Waals surface area (Å²) in [5, 5.41) is -0.139. The Balaban J connectivity index is 2.36. The summed E-state index contributed by atoms with van der Waals surface area (Å²) in [5.74, 6) is 0.933. The van der Waals surface area contributed by atoms with Crippen LogP contribution in [-0.2, 0) is 4.79 Å². The zero-order chi connectivity index (χ0) is 9.84. The van der Waals surface area contributed by atoms with Gasteiger partial charge in [0, 0.05) is 13.1 Å². The average molecular weight is 201 g/mol. The molecule has 1 aliphatic heterocycles. The van der Waals surface area contributed by atoms with Crippen LogP contribution in [0.3, 0.4) is 0 Å². The molecule has 0 aromatic rings. The third kappa shape index (κ3) is 2.90. The Hall–Kier alpha value is -0.180. The smallest absolute Gasteiger partial charge is 0.235 e. The summed E-state index contributed by atoms with van der Waals surface area (Å²) in [6.07, 6.45) is 3.66. The van der Waals surface area contributed by atoms with E-state index in [1.807, 2.05) is 11.8 Å². The van der Waals surface area contributed by atoms with E-state index in [4.69, 9.17) is 0 Å². The summed E-state index contributed by atoms with van der Waals surface area (Å²) >= 11 is 4.16. The number of nitrogens with zero attached hydrogens (tertiary/aromatic N) is 1. The van der Waals surface area contributed by atoms with Crippen LogP contribution >= 0.6 is 12.6 Å². The molecule has 1 heterocycles. The fourth-order valence-electron chi connectivity index (χ4n) is 1.94. The van der Waals surface area contributed by atoms with Crippen LogP contribution in [0.2, 0.25) is 0 Å². The first-order valence-electron chi connectivity index (χ1n) is 5.12. The van der Waals surface area contributed by atoms with Gasteiger partial charge in [0.2, 0.25) is 5.91 Å². The molecular formula is C10H19NOS. The highest BCUT2D eigenvalue weighted by Gasteiger charge is 2.26. The number of hydrogen-bond acceptors (Lipinski definition) is 2. The van der Waals surface area contributed by atoms with Gasteiger partial charge in [0.25, 0.3) is 0 Å². The highest BCUT2D eigenvalue weighted by Crippen LogP contribution is 2.21. The Morgan fingerprint density at radius 3 is 2.92 bits per heavy atom. The van der Waals surface area contributed by atoms with Gasteiger partial charge in [-0.3, -0.25) is 4.79 Å². The van der Waals surface area contributed by atoms with E-state index in [0.29, 0.717) is 0 Å². The zero-order valence-corrected chi connectivity index (χ0v) is 9.39. The summed E-state index contributed by atoms with van der Waals surface area (Å²) < 4.78 is 0. The molecule has 0 aromatic heterocycles. The molecule has 2 unspecified atom stereocenters. The highest BCUT2D eigenvalue weighted by molar-refractivity contribution is 7.81. The molecule has 2 nitrogen and oxygen atoms in total. The highest BCUT2D eigenvalue weighted by atomic mass is 32.1. The van der Waals surface area contributed by atoms with Crippen molar-refractivity contribution in [1.29, 1.82) is 0 Å². The first-order chi connectivity index (χ1) is 6.15. The van der Waals surface area contributed by atoms with Gasteiger partial charge in [-0.25, -0.2) is 0 Å². The van der Waals surface area contributed by atoms with E-state index in [1.165, 1.54) is 19.3 Å². The van der Waals surface area contributed by atoms with Crippen LogP contribution in [0.15, 0.2) is 0 Å². The van der Waals surface area contributed by atoms with Gasteiger partial charge in [-0.05, 0) is 25.7 Å². The van der Waals surface area contributed by atoms with Crippen molar-refractivity contribution >= 4 is 18.5 Å². The number of hydrogen-bond donors (Lipinski definition) is 1. The lowest BCUT2D eigenvalue weighted by atomic mass is 10.0. The van der Waals surface area contributed by atoms with Gasteiger partial charge in [-0.1, -0.05) is 13.3 Å². The van der Waals surface area contributed by atoms with E-state index in [1.54, 1.807) is 0 Å². The Bertz CT molecular complexity index is 182. The molecule has 0 aromatic carbocycles. The summed E-state index contributed by atoms with van der Waals surface area (Å²) in [7, 11) is 0. The Labute approximate surface area is 86.1 Å². The topological polar surface area (TPSA) is 20.3 Å². The lowest BCUT2D eigenvalue weighted by Gasteiger charge is -2.18. The second-order valence-electron chi connectivity index (χ2n) is 3.90. The lowest BCUT2D eigenvalue weighted by molar-refractivity contribution is -0.129. The van der Waals surface area contributed by atoms with Crippen LogP contribution in [0.1, 0.15) is 33.1 Å². The standard InChI is InChI=1S/C10H19NOS/c1-3-4-9-5-6-11(7-9)10(12)8(2)13/h8-9,13H,3-7H2,1-2H3. The minimum atomic E-state index is -0.139. The molecule has 13 heavy (non-hydrogen) atoms. The molecule has 76 valence electrons. The van der Waals surface area contributed by atoms with E-state index in [2.05, 4.69) is 19.6 Å². The number of thiol groups is 1.